The number of halogens is 4. The number of nitro benzene ring substituents is 1. The van der Waals surface area contributed by atoms with Crippen molar-refractivity contribution in [3.63, 3.8) is 0 Å². The summed E-state index contributed by atoms with van der Waals surface area (Å²) in [5, 5.41) is 10.7. The van der Waals surface area contributed by atoms with Gasteiger partial charge >= 0.3 is 12.2 Å². The molecule has 0 unspecified atom stereocenters. The minimum absolute atomic E-state index is 0.0336. The number of urea groups is 1. The van der Waals surface area contributed by atoms with Gasteiger partial charge in [0.1, 0.15) is 5.69 Å². The van der Waals surface area contributed by atoms with Gasteiger partial charge in [-0.05, 0) is 18.9 Å². The second kappa shape index (κ2) is 7.41. The van der Waals surface area contributed by atoms with E-state index >= 15 is 0 Å². The van der Waals surface area contributed by atoms with Crippen molar-refractivity contribution in [2.75, 3.05) is 44.2 Å². The summed E-state index contributed by atoms with van der Waals surface area (Å²) in [6, 6.07) is 1.40. The number of carbonyl (C=O) groups is 1. The molecule has 1 aromatic carbocycles. The summed E-state index contributed by atoms with van der Waals surface area (Å²) in [6.07, 6.45) is -2.83. The Bertz CT molecular complexity index is 745. The van der Waals surface area contributed by atoms with Gasteiger partial charge in [0.05, 0.1) is 15.5 Å². The first-order valence-electron chi connectivity index (χ1n) is 8.52. The van der Waals surface area contributed by atoms with E-state index in [1.165, 1.54) is 0 Å². The van der Waals surface area contributed by atoms with Crippen LogP contribution in [0.25, 0.3) is 0 Å². The summed E-state index contributed by atoms with van der Waals surface area (Å²) in [5.74, 6) is 0. The van der Waals surface area contributed by atoms with Gasteiger partial charge in [-0.25, -0.2) is 4.79 Å². The normalized spacial score (nSPS) is 18.1. The number of piperazine rings is 1. The van der Waals surface area contributed by atoms with Crippen LogP contribution in [0, 0.1) is 10.1 Å². The highest BCUT2D eigenvalue weighted by atomic mass is 35.5. The molecular weight excluding hydrogens is 389 g/mol. The minimum Gasteiger partial charge on any atom is -0.362 e. The van der Waals surface area contributed by atoms with Crippen LogP contribution in [-0.2, 0) is 6.18 Å². The largest absolute Gasteiger partial charge is 0.418 e. The molecule has 1 aromatic rings. The highest BCUT2D eigenvalue weighted by molar-refractivity contribution is 6.31. The van der Waals surface area contributed by atoms with E-state index in [2.05, 4.69) is 0 Å². The van der Waals surface area contributed by atoms with Crippen LogP contribution in [0.15, 0.2) is 12.1 Å². The number of amides is 2. The van der Waals surface area contributed by atoms with Crippen LogP contribution in [0.1, 0.15) is 18.4 Å². The van der Waals surface area contributed by atoms with Gasteiger partial charge in [-0.1, -0.05) is 11.6 Å². The molecule has 27 heavy (non-hydrogen) atoms. The molecule has 0 atom stereocenters. The van der Waals surface area contributed by atoms with E-state index in [1.54, 1.807) is 14.7 Å². The molecule has 2 aliphatic heterocycles. The van der Waals surface area contributed by atoms with Crippen LogP contribution >= 0.6 is 11.6 Å². The number of rotatable bonds is 2. The van der Waals surface area contributed by atoms with E-state index in [0.29, 0.717) is 19.2 Å². The maximum atomic E-state index is 13.0. The van der Waals surface area contributed by atoms with Crippen molar-refractivity contribution in [3.8, 4) is 0 Å². The Hall–Kier alpha value is -2.23. The molecule has 0 N–H and O–H groups in total. The molecule has 0 saturated carbocycles. The van der Waals surface area contributed by atoms with E-state index < -0.39 is 27.4 Å². The van der Waals surface area contributed by atoms with Crippen molar-refractivity contribution < 1.29 is 22.9 Å². The van der Waals surface area contributed by atoms with Crippen LogP contribution in [0.4, 0.5) is 29.3 Å². The molecule has 2 amide bonds. The molecule has 0 bridgehead atoms. The highest BCUT2D eigenvalue weighted by Crippen LogP contribution is 2.41. The summed E-state index contributed by atoms with van der Waals surface area (Å²) in [5.41, 5.74) is -1.85. The maximum absolute atomic E-state index is 13.0. The van der Waals surface area contributed by atoms with Gasteiger partial charge < -0.3 is 14.7 Å². The first kappa shape index (κ1) is 19.5. The van der Waals surface area contributed by atoms with Gasteiger partial charge in [0.15, 0.2) is 0 Å². The standard InChI is InChI=1S/C16H18ClF3N4O3/c17-12-10-13(14(24(26)27)9-11(12)16(18,19)20)21-5-7-23(8-6-21)15(25)22-3-1-2-4-22/h9-10H,1-8H2. The number of hydrogen-bond donors (Lipinski definition) is 0. The fourth-order valence-electron chi connectivity index (χ4n) is 3.42. The number of alkyl halides is 3. The Morgan fingerprint density at radius 2 is 1.59 bits per heavy atom. The van der Waals surface area contributed by atoms with Crippen molar-refractivity contribution in [2.24, 2.45) is 0 Å². The van der Waals surface area contributed by atoms with E-state index in [-0.39, 0.29) is 24.8 Å². The smallest absolute Gasteiger partial charge is 0.362 e. The zero-order valence-electron chi connectivity index (χ0n) is 14.3. The molecule has 148 valence electrons. The van der Waals surface area contributed by atoms with Crippen molar-refractivity contribution in [1.29, 1.82) is 0 Å². The molecule has 0 radical (unpaired) electrons. The van der Waals surface area contributed by atoms with Crippen LogP contribution in [-0.4, -0.2) is 60.0 Å². The summed E-state index contributed by atoms with van der Waals surface area (Å²) in [4.78, 5) is 27.9. The summed E-state index contributed by atoms with van der Waals surface area (Å²) in [7, 11) is 0. The Labute approximate surface area is 158 Å². The SMILES string of the molecule is O=C(N1CCCC1)N1CCN(c2cc(Cl)c(C(F)(F)F)cc2[N+](=O)[O-])CC1. The number of nitro groups is 1. The van der Waals surface area contributed by atoms with Gasteiger partial charge in [-0.3, -0.25) is 10.1 Å². The quantitative estimate of drug-likeness (QED) is 0.555. The van der Waals surface area contributed by atoms with Crippen molar-refractivity contribution in [2.45, 2.75) is 19.0 Å². The Kier molecular flexibility index (Phi) is 5.36. The third-order valence-electron chi connectivity index (χ3n) is 4.83. The lowest BCUT2D eigenvalue weighted by molar-refractivity contribution is -0.384. The molecule has 2 saturated heterocycles. The predicted octanol–water partition coefficient (Wildman–Crippen LogP) is 3.60. The number of likely N-dealkylation sites (tertiary alicyclic amines) is 1. The Morgan fingerprint density at radius 3 is 2.11 bits per heavy atom. The predicted molar refractivity (Wildman–Crippen MR) is 93.1 cm³/mol. The zero-order chi connectivity index (χ0) is 19.8. The van der Waals surface area contributed by atoms with Crippen LogP contribution in [0.2, 0.25) is 5.02 Å². The lowest BCUT2D eigenvalue weighted by Crippen LogP contribution is -2.52. The van der Waals surface area contributed by atoms with Crippen LogP contribution < -0.4 is 4.90 Å². The highest BCUT2D eigenvalue weighted by Gasteiger charge is 2.37. The number of anilines is 1. The number of hydrogen-bond acceptors (Lipinski definition) is 4. The summed E-state index contributed by atoms with van der Waals surface area (Å²) < 4.78 is 39.0. The zero-order valence-corrected chi connectivity index (χ0v) is 15.1. The van der Waals surface area contributed by atoms with Gasteiger partial charge in [0.25, 0.3) is 5.69 Å². The number of benzene rings is 1. The fourth-order valence-corrected chi connectivity index (χ4v) is 3.68. The first-order valence-corrected chi connectivity index (χ1v) is 8.90. The monoisotopic (exact) mass is 406 g/mol. The lowest BCUT2D eigenvalue weighted by Gasteiger charge is -2.37. The van der Waals surface area contributed by atoms with Crippen molar-refractivity contribution in [1.82, 2.24) is 9.80 Å². The average molecular weight is 407 g/mol. The van der Waals surface area contributed by atoms with Crippen molar-refractivity contribution in [3.05, 3.63) is 32.8 Å². The average Bonchev–Trinajstić information content (AvgIpc) is 3.14. The lowest BCUT2D eigenvalue weighted by atomic mass is 10.1. The Morgan fingerprint density at radius 1 is 1.04 bits per heavy atom. The summed E-state index contributed by atoms with van der Waals surface area (Å²) in [6.45, 7) is 2.68. The molecule has 2 heterocycles. The molecule has 0 spiro atoms. The maximum Gasteiger partial charge on any atom is 0.418 e. The third kappa shape index (κ3) is 4.05. The molecule has 0 aromatic heterocycles. The molecular formula is C16H18ClF3N4O3. The van der Waals surface area contributed by atoms with Crippen LogP contribution in [0.5, 0.6) is 0 Å². The topological polar surface area (TPSA) is 69.9 Å². The molecule has 7 nitrogen and oxygen atoms in total. The van der Waals surface area contributed by atoms with Gasteiger partial charge in [-0.15, -0.1) is 0 Å². The van der Waals surface area contributed by atoms with E-state index in [4.69, 9.17) is 11.6 Å². The molecule has 11 heteroatoms. The molecule has 2 fully saturated rings. The molecule has 2 aliphatic rings. The third-order valence-corrected chi connectivity index (χ3v) is 5.15. The van der Waals surface area contributed by atoms with E-state index in [9.17, 15) is 28.1 Å². The number of carbonyl (C=O) groups excluding carboxylic acids is 1. The second-order valence-electron chi connectivity index (χ2n) is 6.53. The fraction of sp³-hybridized carbons (Fsp3) is 0.562. The van der Waals surface area contributed by atoms with Crippen molar-refractivity contribution >= 4 is 29.0 Å². The van der Waals surface area contributed by atoms with Crippen LogP contribution in [0.3, 0.4) is 0 Å². The van der Waals surface area contributed by atoms with Gasteiger partial charge in [-0.2, -0.15) is 13.2 Å². The van der Waals surface area contributed by atoms with E-state index in [1.807, 2.05) is 0 Å². The molecule has 0 aliphatic carbocycles. The second-order valence-corrected chi connectivity index (χ2v) is 6.93. The molecule has 3 rings (SSSR count). The van der Waals surface area contributed by atoms with E-state index in [0.717, 1.165) is 32.0 Å². The number of nitrogens with zero attached hydrogens (tertiary/aromatic N) is 4. The Balaban J connectivity index is 1.78. The van der Waals surface area contributed by atoms with Gasteiger partial charge in [0, 0.05) is 45.3 Å². The minimum atomic E-state index is -4.78. The summed E-state index contributed by atoms with van der Waals surface area (Å²) >= 11 is 5.73. The first-order chi connectivity index (χ1) is 12.7. The van der Waals surface area contributed by atoms with Gasteiger partial charge in [0.2, 0.25) is 0 Å².